The molecule has 0 spiro atoms. The number of rotatable bonds is 3. The molecule has 0 aliphatic carbocycles. The van der Waals surface area contributed by atoms with Gasteiger partial charge in [-0.1, -0.05) is 24.3 Å². The number of halogens is 5. The summed E-state index contributed by atoms with van der Waals surface area (Å²) in [6, 6.07) is 3.85. The number of alkyl halides is 5. The van der Waals surface area contributed by atoms with E-state index in [1.54, 1.807) is 0 Å². The summed E-state index contributed by atoms with van der Waals surface area (Å²) in [5, 5.41) is 0. The molecule has 6 heteroatoms. The van der Waals surface area contributed by atoms with E-state index in [1.807, 2.05) is 0 Å². The zero-order valence-electron chi connectivity index (χ0n) is 8.56. The molecule has 0 fully saturated rings. The van der Waals surface area contributed by atoms with Crippen LogP contribution in [0.15, 0.2) is 24.3 Å². The smallest absolute Gasteiger partial charge is 0.317 e. The minimum absolute atomic E-state index is 0.176. The summed E-state index contributed by atoms with van der Waals surface area (Å²) in [7, 11) is 0. The molecule has 0 atom stereocenters. The molecular formula is C11H8F5N. The van der Waals surface area contributed by atoms with Gasteiger partial charge in [-0.05, 0) is 5.56 Å². The second-order valence-electron chi connectivity index (χ2n) is 3.40. The normalized spacial score (nSPS) is 12.2. The maximum Gasteiger partial charge on any atom is 0.458 e. The first-order valence-electron chi connectivity index (χ1n) is 4.66. The van der Waals surface area contributed by atoms with Crippen LogP contribution in [0.4, 0.5) is 22.0 Å². The third-order valence-electron chi connectivity index (χ3n) is 2.18. The molecule has 0 saturated heterocycles. The van der Waals surface area contributed by atoms with E-state index in [2.05, 4.69) is 4.85 Å². The van der Waals surface area contributed by atoms with Crippen molar-refractivity contribution in [1.29, 1.82) is 0 Å². The fourth-order valence-corrected chi connectivity index (χ4v) is 1.23. The van der Waals surface area contributed by atoms with Crippen molar-refractivity contribution in [2.24, 2.45) is 0 Å². The van der Waals surface area contributed by atoms with Crippen LogP contribution >= 0.6 is 0 Å². The minimum atomic E-state index is -5.59. The van der Waals surface area contributed by atoms with Crippen molar-refractivity contribution >= 4 is 0 Å². The molecule has 0 aromatic heterocycles. The molecular weight excluding hydrogens is 241 g/mol. The molecule has 0 saturated carbocycles. The average molecular weight is 249 g/mol. The molecule has 0 aliphatic heterocycles. The van der Waals surface area contributed by atoms with Crippen molar-refractivity contribution in [1.82, 2.24) is 0 Å². The van der Waals surface area contributed by atoms with Gasteiger partial charge in [-0.25, -0.2) is 6.57 Å². The highest BCUT2D eigenvalue weighted by molar-refractivity contribution is 5.27. The Morgan fingerprint density at radius 1 is 1.00 bits per heavy atom. The lowest BCUT2D eigenvalue weighted by molar-refractivity contribution is -0.289. The molecule has 1 nitrogen and oxygen atoms in total. The Labute approximate surface area is 94.7 Å². The predicted octanol–water partition coefficient (Wildman–Crippen LogP) is 3.80. The van der Waals surface area contributed by atoms with E-state index in [0.29, 0.717) is 12.0 Å². The topological polar surface area (TPSA) is 4.36 Å². The van der Waals surface area contributed by atoms with E-state index in [4.69, 9.17) is 6.57 Å². The second kappa shape index (κ2) is 4.70. The van der Waals surface area contributed by atoms with Crippen molar-refractivity contribution in [3.63, 3.8) is 0 Å². The lowest BCUT2D eigenvalue weighted by Crippen LogP contribution is -2.33. The highest BCUT2D eigenvalue weighted by Crippen LogP contribution is 2.43. The summed E-state index contributed by atoms with van der Waals surface area (Å²) in [6.45, 7) is 6.71. The Bertz CT molecular complexity index is 413. The monoisotopic (exact) mass is 249 g/mol. The van der Waals surface area contributed by atoms with Crippen LogP contribution in [-0.2, 0) is 12.3 Å². The third kappa shape index (κ3) is 2.93. The van der Waals surface area contributed by atoms with Gasteiger partial charge in [0.1, 0.15) is 0 Å². The Balaban J connectivity index is 2.92. The van der Waals surface area contributed by atoms with Gasteiger partial charge in [0.15, 0.2) is 0 Å². The number of benzene rings is 1. The molecule has 0 N–H and O–H groups in total. The van der Waals surface area contributed by atoms with Gasteiger partial charge in [-0.3, -0.25) is 0 Å². The van der Waals surface area contributed by atoms with Crippen molar-refractivity contribution in [2.75, 3.05) is 6.54 Å². The summed E-state index contributed by atoms with van der Waals surface area (Å²) < 4.78 is 61.8. The standard InChI is InChI=1S/C11H8F5N/c1-17-7-6-8-2-4-9(5-3-8)10(12,13)11(14,15)16/h2-5H,6-7H2. The SMILES string of the molecule is [C-]#[N+]CCc1ccc(C(F)(F)C(F)(F)F)cc1. The molecule has 0 unspecified atom stereocenters. The summed E-state index contributed by atoms with van der Waals surface area (Å²) in [4.78, 5) is 3.06. The Kier molecular flexibility index (Phi) is 3.71. The molecule has 17 heavy (non-hydrogen) atoms. The van der Waals surface area contributed by atoms with Gasteiger partial charge in [-0.2, -0.15) is 22.0 Å². The fraction of sp³-hybridized carbons (Fsp3) is 0.364. The van der Waals surface area contributed by atoms with E-state index >= 15 is 0 Å². The van der Waals surface area contributed by atoms with Gasteiger partial charge >= 0.3 is 12.1 Å². The molecule has 0 heterocycles. The summed E-state index contributed by atoms with van der Waals surface area (Å²) >= 11 is 0. The first kappa shape index (κ1) is 13.4. The van der Waals surface area contributed by atoms with Crippen LogP contribution in [0.25, 0.3) is 4.85 Å². The van der Waals surface area contributed by atoms with Crippen LogP contribution in [0.3, 0.4) is 0 Å². The number of nitrogens with zero attached hydrogens (tertiary/aromatic N) is 1. The molecule has 1 rings (SSSR count). The molecule has 0 bridgehead atoms. The average Bonchev–Trinajstić information content (AvgIpc) is 2.25. The Hall–Kier alpha value is -1.64. The molecule has 0 aliphatic rings. The largest absolute Gasteiger partial charge is 0.458 e. The van der Waals surface area contributed by atoms with Crippen molar-refractivity contribution in [2.45, 2.75) is 18.5 Å². The lowest BCUT2D eigenvalue weighted by atomic mass is 10.0. The fourth-order valence-electron chi connectivity index (χ4n) is 1.23. The second-order valence-corrected chi connectivity index (χ2v) is 3.40. The molecule has 0 radical (unpaired) electrons. The van der Waals surface area contributed by atoms with Crippen LogP contribution in [0.2, 0.25) is 0 Å². The zero-order chi connectivity index (χ0) is 13.1. The predicted molar refractivity (Wildman–Crippen MR) is 51.6 cm³/mol. The first-order chi connectivity index (χ1) is 7.79. The van der Waals surface area contributed by atoms with Crippen LogP contribution < -0.4 is 0 Å². The highest BCUT2D eigenvalue weighted by Gasteiger charge is 2.58. The van der Waals surface area contributed by atoms with Crippen molar-refractivity contribution < 1.29 is 22.0 Å². The molecule has 92 valence electrons. The van der Waals surface area contributed by atoms with E-state index in [0.717, 1.165) is 12.1 Å². The maximum absolute atomic E-state index is 12.9. The summed E-state index contributed by atoms with van der Waals surface area (Å²) in [6.07, 6.45) is -5.26. The molecule has 0 amide bonds. The first-order valence-corrected chi connectivity index (χ1v) is 4.66. The quantitative estimate of drug-likeness (QED) is 0.567. The van der Waals surface area contributed by atoms with E-state index in [-0.39, 0.29) is 6.54 Å². The maximum atomic E-state index is 12.9. The lowest BCUT2D eigenvalue weighted by Gasteiger charge is -2.19. The van der Waals surface area contributed by atoms with E-state index in [9.17, 15) is 22.0 Å². The summed E-state index contributed by atoms with van der Waals surface area (Å²) in [5.74, 6) is -4.84. The van der Waals surface area contributed by atoms with Gasteiger partial charge in [0.2, 0.25) is 6.54 Å². The van der Waals surface area contributed by atoms with Crippen LogP contribution in [0.5, 0.6) is 0 Å². The van der Waals surface area contributed by atoms with Gasteiger partial charge in [0.05, 0.1) is 0 Å². The van der Waals surface area contributed by atoms with Crippen LogP contribution in [0, 0.1) is 6.57 Å². The van der Waals surface area contributed by atoms with Crippen molar-refractivity contribution in [3.05, 3.63) is 46.8 Å². The molecule has 1 aromatic carbocycles. The zero-order valence-corrected chi connectivity index (χ0v) is 8.56. The van der Waals surface area contributed by atoms with Gasteiger partial charge < -0.3 is 4.85 Å². The van der Waals surface area contributed by atoms with Gasteiger partial charge in [0, 0.05) is 12.0 Å². The van der Waals surface area contributed by atoms with Crippen LogP contribution in [-0.4, -0.2) is 12.7 Å². The highest BCUT2D eigenvalue weighted by atomic mass is 19.4. The minimum Gasteiger partial charge on any atom is -0.317 e. The summed E-state index contributed by atoms with van der Waals surface area (Å²) in [5.41, 5.74) is -0.528. The third-order valence-corrected chi connectivity index (χ3v) is 2.18. The van der Waals surface area contributed by atoms with E-state index in [1.165, 1.54) is 12.1 Å². The number of hydrogen-bond donors (Lipinski definition) is 0. The Morgan fingerprint density at radius 2 is 1.53 bits per heavy atom. The Morgan fingerprint density at radius 3 is 1.94 bits per heavy atom. The van der Waals surface area contributed by atoms with Gasteiger partial charge in [0.25, 0.3) is 0 Å². The van der Waals surface area contributed by atoms with Crippen LogP contribution in [0.1, 0.15) is 11.1 Å². The molecule has 1 aromatic rings. The van der Waals surface area contributed by atoms with Crippen molar-refractivity contribution in [3.8, 4) is 0 Å². The van der Waals surface area contributed by atoms with Gasteiger partial charge in [-0.15, -0.1) is 0 Å². The van der Waals surface area contributed by atoms with E-state index < -0.39 is 17.7 Å². The number of hydrogen-bond acceptors (Lipinski definition) is 0.